The minimum Gasteiger partial charge on any atom is -0.488 e. The molecule has 0 amide bonds. The average molecular weight is 302 g/mol. The number of hydrogen-bond acceptors (Lipinski definition) is 3. The van der Waals surface area contributed by atoms with Crippen LogP contribution in [0.4, 0.5) is 4.39 Å². The van der Waals surface area contributed by atoms with Gasteiger partial charge in [-0.2, -0.15) is 0 Å². The maximum Gasteiger partial charge on any atom is 0.345 e. The Labute approximate surface area is 124 Å². The van der Waals surface area contributed by atoms with Crippen molar-refractivity contribution in [2.45, 2.75) is 6.61 Å². The van der Waals surface area contributed by atoms with Gasteiger partial charge in [0.25, 0.3) is 0 Å². The van der Waals surface area contributed by atoms with Gasteiger partial charge in [0.1, 0.15) is 23.1 Å². The molecule has 21 heavy (non-hydrogen) atoms. The van der Waals surface area contributed by atoms with Crippen molar-refractivity contribution < 1.29 is 19.0 Å². The first-order valence-corrected chi connectivity index (χ1v) is 7.08. The highest BCUT2D eigenvalue weighted by molar-refractivity contribution is 7.20. The minimum absolute atomic E-state index is 0.280. The van der Waals surface area contributed by atoms with Crippen molar-refractivity contribution in [2.24, 2.45) is 0 Å². The third-order valence-corrected chi connectivity index (χ3v) is 4.13. The van der Waals surface area contributed by atoms with E-state index in [1.54, 1.807) is 24.3 Å². The van der Waals surface area contributed by atoms with Crippen LogP contribution in [-0.2, 0) is 6.61 Å². The lowest BCUT2D eigenvalue weighted by Crippen LogP contribution is -1.95. The van der Waals surface area contributed by atoms with Crippen molar-refractivity contribution in [1.82, 2.24) is 0 Å². The molecule has 1 heterocycles. The number of hydrogen-bond donors (Lipinski definition) is 1. The fraction of sp³-hybridized carbons (Fsp3) is 0.0625. The van der Waals surface area contributed by atoms with Gasteiger partial charge in [0, 0.05) is 10.1 Å². The van der Waals surface area contributed by atoms with Crippen LogP contribution in [0, 0.1) is 5.82 Å². The van der Waals surface area contributed by atoms with Crippen molar-refractivity contribution in [3.05, 3.63) is 64.8 Å². The zero-order valence-electron chi connectivity index (χ0n) is 10.9. The monoisotopic (exact) mass is 302 g/mol. The Kier molecular flexibility index (Phi) is 3.58. The first-order chi connectivity index (χ1) is 10.1. The van der Waals surface area contributed by atoms with Gasteiger partial charge in [0.2, 0.25) is 0 Å². The fourth-order valence-electron chi connectivity index (χ4n) is 2.01. The van der Waals surface area contributed by atoms with Gasteiger partial charge < -0.3 is 9.84 Å². The SMILES string of the molecule is O=C(O)c1cc2c(OCc3ccc(F)cc3)cccc2s1. The second-order valence-electron chi connectivity index (χ2n) is 4.50. The molecule has 5 heteroatoms. The topological polar surface area (TPSA) is 46.5 Å². The van der Waals surface area contributed by atoms with Crippen molar-refractivity contribution in [3.63, 3.8) is 0 Å². The van der Waals surface area contributed by atoms with Crippen LogP contribution in [0.5, 0.6) is 5.75 Å². The molecule has 2 aromatic carbocycles. The second-order valence-corrected chi connectivity index (χ2v) is 5.58. The molecule has 0 saturated carbocycles. The molecule has 0 saturated heterocycles. The summed E-state index contributed by atoms with van der Waals surface area (Å²) in [6.07, 6.45) is 0. The molecule has 3 rings (SSSR count). The van der Waals surface area contributed by atoms with Gasteiger partial charge in [-0.05, 0) is 35.9 Å². The Hall–Kier alpha value is -2.40. The molecular weight excluding hydrogens is 291 g/mol. The summed E-state index contributed by atoms with van der Waals surface area (Å²) in [5.74, 6) is -0.606. The second kappa shape index (κ2) is 5.54. The summed E-state index contributed by atoms with van der Waals surface area (Å²) in [6.45, 7) is 0.303. The summed E-state index contributed by atoms with van der Waals surface area (Å²) in [7, 11) is 0. The molecule has 3 aromatic rings. The molecule has 0 atom stereocenters. The van der Waals surface area contributed by atoms with E-state index in [9.17, 15) is 9.18 Å². The van der Waals surface area contributed by atoms with E-state index in [2.05, 4.69) is 0 Å². The first-order valence-electron chi connectivity index (χ1n) is 6.26. The summed E-state index contributed by atoms with van der Waals surface area (Å²) in [4.78, 5) is 11.3. The van der Waals surface area contributed by atoms with Crippen LogP contribution in [0.15, 0.2) is 48.5 Å². The van der Waals surface area contributed by atoms with Crippen LogP contribution in [-0.4, -0.2) is 11.1 Å². The summed E-state index contributed by atoms with van der Waals surface area (Å²) >= 11 is 1.21. The van der Waals surface area contributed by atoms with E-state index in [0.717, 1.165) is 15.6 Å². The molecule has 0 aliphatic heterocycles. The Morgan fingerprint density at radius 3 is 2.67 bits per heavy atom. The number of rotatable bonds is 4. The van der Waals surface area contributed by atoms with Gasteiger partial charge in [0.15, 0.2) is 0 Å². The maximum absolute atomic E-state index is 12.8. The van der Waals surface area contributed by atoms with E-state index in [-0.39, 0.29) is 10.7 Å². The standard InChI is InChI=1S/C16H11FO3S/c17-11-6-4-10(5-7-11)9-20-13-2-1-3-14-12(13)8-15(21-14)16(18)19/h1-8H,9H2,(H,18,19). The van der Waals surface area contributed by atoms with Crippen LogP contribution in [0.25, 0.3) is 10.1 Å². The van der Waals surface area contributed by atoms with E-state index in [1.807, 2.05) is 12.1 Å². The number of fused-ring (bicyclic) bond motifs is 1. The maximum atomic E-state index is 12.8. The van der Waals surface area contributed by atoms with Gasteiger partial charge in [-0.1, -0.05) is 18.2 Å². The number of benzene rings is 2. The molecule has 106 valence electrons. The zero-order chi connectivity index (χ0) is 14.8. The highest BCUT2D eigenvalue weighted by atomic mass is 32.1. The zero-order valence-corrected chi connectivity index (χ0v) is 11.7. The van der Waals surface area contributed by atoms with E-state index in [1.165, 1.54) is 23.5 Å². The fourth-order valence-corrected chi connectivity index (χ4v) is 2.92. The van der Waals surface area contributed by atoms with E-state index < -0.39 is 5.97 Å². The van der Waals surface area contributed by atoms with Crippen molar-refractivity contribution in [3.8, 4) is 5.75 Å². The number of carboxylic acid groups (broad SMARTS) is 1. The molecule has 0 aliphatic carbocycles. The summed E-state index contributed by atoms with van der Waals surface area (Å²) in [6, 6.07) is 13.2. The molecule has 0 fully saturated rings. The summed E-state index contributed by atoms with van der Waals surface area (Å²) in [5, 5.41) is 9.82. The number of carboxylic acids is 1. The predicted molar refractivity (Wildman–Crippen MR) is 79.5 cm³/mol. The normalized spacial score (nSPS) is 10.7. The van der Waals surface area contributed by atoms with Gasteiger partial charge in [-0.15, -0.1) is 11.3 Å². The predicted octanol–water partition coefficient (Wildman–Crippen LogP) is 4.32. The summed E-state index contributed by atoms with van der Waals surface area (Å²) < 4.78 is 19.4. The van der Waals surface area contributed by atoms with Gasteiger partial charge in [0.05, 0.1) is 0 Å². The molecule has 0 bridgehead atoms. The van der Waals surface area contributed by atoms with Crippen LogP contribution in [0.2, 0.25) is 0 Å². The lowest BCUT2D eigenvalue weighted by Gasteiger charge is -2.07. The quantitative estimate of drug-likeness (QED) is 0.781. The highest BCUT2D eigenvalue weighted by Gasteiger charge is 2.11. The van der Waals surface area contributed by atoms with E-state index in [4.69, 9.17) is 9.84 Å². The first kappa shape index (κ1) is 13.6. The van der Waals surface area contributed by atoms with Gasteiger partial charge >= 0.3 is 5.97 Å². The van der Waals surface area contributed by atoms with E-state index >= 15 is 0 Å². The number of carbonyl (C=O) groups is 1. The Morgan fingerprint density at radius 2 is 1.95 bits per heavy atom. The van der Waals surface area contributed by atoms with Crippen LogP contribution >= 0.6 is 11.3 Å². The smallest absolute Gasteiger partial charge is 0.345 e. The number of halogens is 1. The molecular formula is C16H11FO3S. The van der Waals surface area contributed by atoms with E-state index in [0.29, 0.717) is 12.4 Å². The lowest BCUT2D eigenvalue weighted by molar-refractivity contribution is 0.0702. The number of aromatic carboxylic acids is 1. The van der Waals surface area contributed by atoms with Gasteiger partial charge in [-0.3, -0.25) is 0 Å². The largest absolute Gasteiger partial charge is 0.488 e. The van der Waals surface area contributed by atoms with Crippen LogP contribution in [0.1, 0.15) is 15.2 Å². The molecule has 0 aliphatic rings. The van der Waals surface area contributed by atoms with Gasteiger partial charge in [-0.25, -0.2) is 9.18 Å². The molecule has 0 radical (unpaired) electrons. The third-order valence-electron chi connectivity index (χ3n) is 3.04. The molecule has 1 aromatic heterocycles. The third kappa shape index (κ3) is 2.87. The van der Waals surface area contributed by atoms with Crippen molar-refractivity contribution >= 4 is 27.4 Å². The van der Waals surface area contributed by atoms with Crippen molar-refractivity contribution in [1.29, 1.82) is 0 Å². The molecule has 0 unspecified atom stereocenters. The Bertz CT molecular complexity index is 793. The number of ether oxygens (including phenoxy) is 1. The molecule has 3 nitrogen and oxygen atoms in total. The molecule has 1 N–H and O–H groups in total. The van der Waals surface area contributed by atoms with Crippen molar-refractivity contribution in [2.75, 3.05) is 0 Å². The Balaban J connectivity index is 1.86. The number of thiophene rings is 1. The molecule has 0 spiro atoms. The van der Waals surface area contributed by atoms with Crippen LogP contribution < -0.4 is 4.74 Å². The van der Waals surface area contributed by atoms with Crippen LogP contribution in [0.3, 0.4) is 0 Å². The Morgan fingerprint density at radius 1 is 1.19 bits per heavy atom. The summed E-state index contributed by atoms with van der Waals surface area (Å²) in [5.41, 5.74) is 0.849. The highest BCUT2D eigenvalue weighted by Crippen LogP contribution is 2.33. The average Bonchev–Trinajstić information content (AvgIpc) is 2.91. The minimum atomic E-state index is -0.944. The lowest BCUT2D eigenvalue weighted by atomic mass is 10.2.